The Kier molecular flexibility index (Phi) is 14.7. The number of carbonyl (C=O) groups excluding carboxylic acids is 5. The van der Waals surface area contributed by atoms with E-state index in [0.29, 0.717) is 11.1 Å². The summed E-state index contributed by atoms with van der Waals surface area (Å²) in [5, 5.41) is 20.1. The number of hydrogen-bond donors (Lipinski definition) is 5. The highest BCUT2D eigenvalue weighted by Gasteiger charge is 2.50. The summed E-state index contributed by atoms with van der Waals surface area (Å²) in [6.45, 7) is 6.96. The molecule has 264 valence electrons. The largest absolute Gasteiger partial charge is 0.482 e. The van der Waals surface area contributed by atoms with Crippen molar-refractivity contribution in [1.29, 1.82) is 0 Å². The quantitative estimate of drug-likeness (QED) is 0.166. The number of alkyl carbamates (subject to hydrolysis) is 1. The van der Waals surface area contributed by atoms with Crippen LogP contribution >= 0.6 is 0 Å². The lowest BCUT2D eigenvalue weighted by atomic mass is 9.95. The number of aliphatic hydroxyl groups is 1. The van der Waals surface area contributed by atoms with Crippen LogP contribution in [0.15, 0.2) is 54.6 Å². The van der Waals surface area contributed by atoms with Crippen LogP contribution in [-0.4, -0.2) is 84.9 Å². The number of carbonyl (C=O) groups is 5. The molecule has 5 N–H and O–H groups in total. The zero-order chi connectivity index (χ0) is 36.1. The minimum Gasteiger partial charge on any atom is -0.482 e. The first-order chi connectivity index (χ1) is 22.4. The van der Waals surface area contributed by atoms with E-state index in [2.05, 4.69) is 26.0 Å². The maximum Gasteiger partial charge on any atom is 0.408 e. The van der Waals surface area contributed by atoms with Crippen molar-refractivity contribution in [2.75, 3.05) is 20.3 Å². The molecule has 0 aliphatic carbocycles. The molecule has 3 atom stereocenters. The number of rotatable bonds is 16. The minimum absolute atomic E-state index is 0.231. The number of alkyl halides is 2. The summed E-state index contributed by atoms with van der Waals surface area (Å²) >= 11 is 0. The second-order valence-electron chi connectivity index (χ2n) is 12.2. The topological polar surface area (TPSA) is 181 Å². The van der Waals surface area contributed by atoms with Crippen LogP contribution in [0.2, 0.25) is 0 Å². The summed E-state index contributed by atoms with van der Waals surface area (Å²) in [7, 11) is 1.20. The first-order valence-electron chi connectivity index (χ1n) is 15.2. The van der Waals surface area contributed by atoms with E-state index in [9.17, 15) is 29.1 Å². The van der Waals surface area contributed by atoms with E-state index in [-0.39, 0.29) is 25.3 Å². The standard InChI is InChI=1S/C33H44F2N4O9/c1-20(2)27(39-25(40)18-37-31(45)48-32(3,4)5)29(43)38-24(16-21-12-14-23(15-13-21)47-19-26(41)46-6)28(42)33(34,35)30(44)36-17-22-10-8-7-9-11-22/h7-15,20,24,27-28,42H,16-19H2,1-6H3,(H,36,44)(H,37,45)(H,38,43)(H,39,40)/t24-,27-,28?/m0/s1. The van der Waals surface area contributed by atoms with Gasteiger partial charge in [-0.15, -0.1) is 0 Å². The highest BCUT2D eigenvalue weighted by molar-refractivity contribution is 5.90. The lowest BCUT2D eigenvalue weighted by Crippen LogP contribution is -2.61. The molecule has 0 spiro atoms. The molecule has 0 fully saturated rings. The van der Waals surface area contributed by atoms with Crippen LogP contribution in [0.5, 0.6) is 5.75 Å². The minimum atomic E-state index is -4.36. The maximum absolute atomic E-state index is 15.5. The predicted octanol–water partition coefficient (Wildman–Crippen LogP) is 2.24. The van der Waals surface area contributed by atoms with Crippen molar-refractivity contribution >= 4 is 29.8 Å². The van der Waals surface area contributed by atoms with E-state index in [4.69, 9.17) is 9.47 Å². The van der Waals surface area contributed by atoms with Crippen molar-refractivity contribution in [2.24, 2.45) is 5.92 Å². The molecule has 0 radical (unpaired) electrons. The fourth-order valence-corrected chi connectivity index (χ4v) is 4.20. The van der Waals surface area contributed by atoms with Crippen LogP contribution in [0.1, 0.15) is 45.7 Å². The van der Waals surface area contributed by atoms with E-state index >= 15 is 8.78 Å². The van der Waals surface area contributed by atoms with Gasteiger partial charge in [-0.3, -0.25) is 14.4 Å². The molecular weight excluding hydrogens is 634 g/mol. The van der Waals surface area contributed by atoms with Gasteiger partial charge < -0.3 is 40.6 Å². The first-order valence-corrected chi connectivity index (χ1v) is 15.2. The van der Waals surface area contributed by atoms with Gasteiger partial charge in [-0.1, -0.05) is 56.3 Å². The maximum atomic E-state index is 15.5. The number of hydrogen-bond acceptors (Lipinski definition) is 9. The Bertz CT molecular complexity index is 1380. The first kappa shape index (κ1) is 39.4. The fraction of sp³-hybridized carbons (Fsp3) is 0.485. The molecule has 1 unspecified atom stereocenters. The zero-order valence-electron chi connectivity index (χ0n) is 27.8. The summed E-state index contributed by atoms with van der Waals surface area (Å²) in [5.41, 5.74) is 0.0948. The second-order valence-corrected chi connectivity index (χ2v) is 12.2. The van der Waals surface area contributed by atoms with Crippen LogP contribution < -0.4 is 26.0 Å². The number of aliphatic hydroxyl groups excluding tert-OH is 1. The van der Waals surface area contributed by atoms with Gasteiger partial charge in [-0.25, -0.2) is 9.59 Å². The normalized spacial score (nSPS) is 13.4. The van der Waals surface area contributed by atoms with Gasteiger partial charge in [0.05, 0.1) is 13.2 Å². The summed E-state index contributed by atoms with van der Waals surface area (Å²) in [6.07, 6.45) is -3.93. The molecule has 2 aromatic carbocycles. The number of methoxy groups -OCH3 is 1. The van der Waals surface area contributed by atoms with E-state index in [1.165, 1.54) is 31.4 Å². The van der Waals surface area contributed by atoms with Crippen molar-refractivity contribution in [3.63, 3.8) is 0 Å². The molecule has 15 heteroatoms. The number of ether oxygens (including phenoxy) is 3. The Labute approximate surface area is 278 Å². The van der Waals surface area contributed by atoms with E-state index in [0.717, 1.165) is 0 Å². The van der Waals surface area contributed by atoms with Crippen molar-refractivity contribution < 1.29 is 52.1 Å². The summed E-state index contributed by atoms with van der Waals surface area (Å²) in [6, 6.07) is 11.1. The van der Waals surface area contributed by atoms with E-state index in [1.54, 1.807) is 65.0 Å². The Hall–Kier alpha value is -4.79. The Morgan fingerprint density at radius 2 is 1.50 bits per heavy atom. The van der Waals surface area contributed by atoms with E-state index in [1.807, 2.05) is 0 Å². The Morgan fingerprint density at radius 1 is 0.875 bits per heavy atom. The van der Waals surface area contributed by atoms with Crippen molar-refractivity contribution in [1.82, 2.24) is 21.3 Å². The third-order valence-electron chi connectivity index (χ3n) is 6.70. The van der Waals surface area contributed by atoms with Gasteiger partial charge >= 0.3 is 18.0 Å². The molecule has 4 amide bonds. The third kappa shape index (κ3) is 13.1. The van der Waals surface area contributed by atoms with Crippen LogP contribution in [0.3, 0.4) is 0 Å². The molecule has 0 saturated carbocycles. The molecule has 0 bridgehead atoms. The van der Waals surface area contributed by atoms with Gasteiger partial charge in [-0.2, -0.15) is 8.78 Å². The van der Waals surface area contributed by atoms with Gasteiger partial charge in [0.1, 0.15) is 30.0 Å². The highest BCUT2D eigenvalue weighted by atomic mass is 19.3. The summed E-state index contributed by atoms with van der Waals surface area (Å²) in [5.74, 6) is -8.72. The summed E-state index contributed by atoms with van der Waals surface area (Å²) in [4.78, 5) is 62.0. The van der Waals surface area contributed by atoms with E-state index < -0.39 is 72.0 Å². The van der Waals surface area contributed by atoms with Crippen LogP contribution in [-0.2, 0) is 41.6 Å². The smallest absolute Gasteiger partial charge is 0.408 e. The lowest BCUT2D eigenvalue weighted by molar-refractivity contribution is -0.168. The average molecular weight is 679 g/mol. The average Bonchev–Trinajstić information content (AvgIpc) is 3.03. The molecule has 48 heavy (non-hydrogen) atoms. The monoisotopic (exact) mass is 678 g/mol. The SMILES string of the molecule is COC(=O)COc1ccc(C[C@H](NC(=O)[C@@H](NC(=O)CNC(=O)OC(C)(C)C)C(C)C)C(O)C(F)(F)C(=O)NCc2ccccc2)cc1. The number of amides is 4. The number of benzene rings is 2. The van der Waals surface area contributed by atoms with Crippen molar-refractivity contribution in [2.45, 2.75) is 77.3 Å². The fourth-order valence-electron chi connectivity index (χ4n) is 4.20. The van der Waals surface area contributed by atoms with Gasteiger partial charge in [0, 0.05) is 6.54 Å². The lowest BCUT2D eigenvalue weighted by Gasteiger charge is -2.31. The van der Waals surface area contributed by atoms with Gasteiger partial charge in [-0.05, 0) is 56.4 Å². The molecule has 0 aliphatic rings. The molecule has 0 heterocycles. The third-order valence-corrected chi connectivity index (χ3v) is 6.70. The molecule has 0 saturated heterocycles. The molecule has 0 aliphatic heterocycles. The van der Waals surface area contributed by atoms with Crippen LogP contribution in [0.25, 0.3) is 0 Å². The molecule has 0 aromatic heterocycles. The van der Waals surface area contributed by atoms with Gasteiger partial charge in [0.15, 0.2) is 6.61 Å². The van der Waals surface area contributed by atoms with Crippen molar-refractivity contribution in [3.05, 3.63) is 65.7 Å². The number of halogens is 2. The highest BCUT2D eigenvalue weighted by Crippen LogP contribution is 2.25. The number of esters is 1. The molecule has 2 aromatic rings. The Balaban J connectivity index is 2.25. The molecule has 13 nitrogen and oxygen atoms in total. The molecule has 2 rings (SSSR count). The number of nitrogens with one attached hydrogen (secondary N) is 4. The van der Waals surface area contributed by atoms with Gasteiger partial charge in [0.2, 0.25) is 11.8 Å². The Morgan fingerprint density at radius 3 is 2.06 bits per heavy atom. The predicted molar refractivity (Wildman–Crippen MR) is 170 cm³/mol. The second kappa shape index (κ2) is 17.9. The van der Waals surface area contributed by atoms with Crippen molar-refractivity contribution in [3.8, 4) is 5.75 Å². The zero-order valence-corrected chi connectivity index (χ0v) is 27.8. The summed E-state index contributed by atoms with van der Waals surface area (Å²) < 4.78 is 45.8. The molecular formula is C33H44F2N4O9. The van der Waals surface area contributed by atoms with Crippen LogP contribution in [0.4, 0.5) is 13.6 Å². The van der Waals surface area contributed by atoms with Crippen LogP contribution in [0, 0.1) is 5.92 Å². The van der Waals surface area contributed by atoms with Gasteiger partial charge in [0.25, 0.3) is 5.91 Å².